The van der Waals surface area contributed by atoms with Crippen molar-refractivity contribution in [2.24, 2.45) is 0 Å². The van der Waals surface area contributed by atoms with Gasteiger partial charge in [-0.3, -0.25) is 4.90 Å². The average Bonchev–Trinajstić information content (AvgIpc) is 2.96. The summed E-state index contributed by atoms with van der Waals surface area (Å²) >= 11 is 3.69. The fourth-order valence-corrected chi connectivity index (χ4v) is 3.19. The number of benzene rings is 1. The monoisotopic (exact) mass is 379 g/mol. The number of nitrogens with zero attached hydrogens (tertiary/aromatic N) is 5. The molecule has 8 heteroatoms. The summed E-state index contributed by atoms with van der Waals surface area (Å²) in [7, 11) is 4.10. The molecule has 7 nitrogen and oxygen atoms in total. The quantitative estimate of drug-likeness (QED) is 0.838. The van der Waals surface area contributed by atoms with Gasteiger partial charge in [-0.2, -0.15) is 4.98 Å². The molecule has 0 atom stereocenters. The highest BCUT2D eigenvalue weighted by atomic mass is 79.9. The summed E-state index contributed by atoms with van der Waals surface area (Å²) in [4.78, 5) is 10.9. The maximum Gasteiger partial charge on any atom is 0.246 e. The standard InChI is InChI=1S/C15H22BrN7/c1-21(2)12-4-3-11(13(16)9-12)10-22-5-7-23(8-6-22)15-18-14(17)19-20-15/h3-4,9H,5-8,10H2,1-2H3,(H3,17,18,19,20). The number of hydrogen-bond acceptors (Lipinski definition) is 6. The van der Waals surface area contributed by atoms with Gasteiger partial charge in [0.2, 0.25) is 11.9 Å². The molecule has 124 valence electrons. The molecule has 0 radical (unpaired) electrons. The predicted octanol–water partition coefficient (Wildman–Crippen LogP) is 1.54. The van der Waals surface area contributed by atoms with E-state index in [-0.39, 0.29) is 0 Å². The summed E-state index contributed by atoms with van der Waals surface area (Å²) in [5, 5.41) is 6.81. The summed E-state index contributed by atoms with van der Waals surface area (Å²) in [5.74, 6) is 1.06. The van der Waals surface area contributed by atoms with Crippen LogP contribution in [-0.4, -0.2) is 60.4 Å². The molecular formula is C15H22BrN7. The fraction of sp³-hybridized carbons (Fsp3) is 0.467. The van der Waals surface area contributed by atoms with Gasteiger partial charge in [0.05, 0.1) is 0 Å². The lowest BCUT2D eigenvalue weighted by Crippen LogP contribution is -2.46. The Morgan fingerprint density at radius 2 is 2.00 bits per heavy atom. The fourth-order valence-electron chi connectivity index (χ4n) is 2.70. The first-order valence-corrected chi connectivity index (χ1v) is 8.43. The minimum atomic E-state index is 0.368. The lowest BCUT2D eigenvalue weighted by Gasteiger charge is -2.34. The van der Waals surface area contributed by atoms with Crippen molar-refractivity contribution in [2.45, 2.75) is 6.54 Å². The molecule has 0 aliphatic carbocycles. The Balaban J connectivity index is 1.58. The van der Waals surface area contributed by atoms with Gasteiger partial charge < -0.3 is 15.5 Å². The van der Waals surface area contributed by atoms with Crippen LogP contribution in [0.15, 0.2) is 22.7 Å². The summed E-state index contributed by atoms with van der Waals surface area (Å²) in [5.41, 5.74) is 8.10. The molecule has 1 fully saturated rings. The van der Waals surface area contributed by atoms with Gasteiger partial charge in [0, 0.05) is 57.0 Å². The van der Waals surface area contributed by atoms with E-state index in [9.17, 15) is 0 Å². The number of rotatable bonds is 4. The van der Waals surface area contributed by atoms with E-state index in [2.05, 4.69) is 78.1 Å². The lowest BCUT2D eigenvalue weighted by molar-refractivity contribution is 0.248. The molecule has 0 amide bonds. The number of hydrogen-bond donors (Lipinski definition) is 2. The van der Waals surface area contributed by atoms with Crippen LogP contribution in [0.4, 0.5) is 17.6 Å². The Bertz CT molecular complexity index is 662. The van der Waals surface area contributed by atoms with E-state index in [0.717, 1.165) is 37.2 Å². The predicted molar refractivity (Wildman–Crippen MR) is 96.8 cm³/mol. The van der Waals surface area contributed by atoms with Crippen LogP contribution in [-0.2, 0) is 6.54 Å². The first kappa shape index (κ1) is 16.1. The summed E-state index contributed by atoms with van der Waals surface area (Å²) in [6, 6.07) is 6.52. The molecule has 1 aliphatic rings. The van der Waals surface area contributed by atoms with Crippen LogP contribution in [0.2, 0.25) is 0 Å². The van der Waals surface area contributed by atoms with Gasteiger partial charge in [0.25, 0.3) is 0 Å². The van der Waals surface area contributed by atoms with Gasteiger partial charge in [0.15, 0.2) is 0 Å². The normalized spacial score (nSPS) is 15.9. The van der Waals surface area contributed by atoms with Crippen molar-refractivity contribution in [1.82, 2.24) is 20.1 Å². The highest BCUT2D eigenvalue weighted by Gasteiger charge is 2.20. The van der Waals surface area contributed by atoms with E-state index in [1.54, 1.807) is 0 Å². The van der Waals surface area contributed by atoms with Gasteiger partial charge in [-0.25, -0.2) is 5.10 Å². The highest BCUT2D eigenvalue weighted by molar-refractivity contribution is 9.10. The second-order valence-corrected chi connectivity index (χ2v) is 6.81. The summed E-state index contributed by atoms with van der Waals surface area (Å²) in [6.45, 7) is 4.72. The summed E-state index contributed by atoms with van der Waals surface area (Å²) < 4.78 is 1.16. The number of H-pyrrole nitrogens is 1. The Morgan fingerprint density at radius 3 is 2.57 bits per heavy atom. The SMILES string of the molecule is CN(C)c1ccc(CN2CCN(c3n[nH]c(N)n3)CC2)c(Br)c1. The number of aromatic nitrogens is 3. The average molecular weight is 380 g/mol. The van der Waals surface area contributed by atoms with Crippen molar-refractivity contribution >= 4 is 33.5 Å². The van der Waals surface area contributed by atoms with E-state index in [0.29, 0.717) is 11.9 Å². The molecule has 0 saturated carbocycles. The Morgan fingerprint density at radius 1 is 1.26 bits per heavy atom. The molecule has 0 unspecified atom stereocenters. The summed E-state index contributed by atoms with van der Waals surface area (Å²) in [6.07, 6.45) is 0. The van der Waals surface area contributed by atoms with E-state index in [1.807, 2.05) is 0 Å². The zero-order chi connectivity index (χ0) is 16.4. The highest BCUT2D eigenvalue weighted by Crippen LogP contribution is 2.25. The van der Waals surface area contributed by atoms with Gasteiger partial charge in [0.1, 0.15) is 0 Å². The van der Waals surface area contributed by atoms with Gasteiger partial charge in [-0.05, 0) is 17.7 Å². The molecular weight excluding hydrogens is 358 g/mol. The molecule has 23 heavy (non-hydrogen) atoms. The van der Waals surface area contributed by atoms with E-state index >= 15 is 0 Å². The van der Waals surface area contributed by atoms with E-state index < -0.39 is 0 Å². The first-order valence-electron chi connectivity index (χ1n) is 7.64. The number of nitrogens with two attached hydrogens (primary N) is 1. The smallest absolute Gasteiger partial charge is 0.246 e. The minimum Gasteiger partial charge on any atom is -0.378 e. The third-order valence-corrected chi connectivity index (χ3v) is 4.83. The molecule has 3 rings (SSSR count). The van der Waals surface area contributed by atoms with Crippen molar-refractivity contribution in [3.05, 3.63) is 28.2 Å². The number of anilines is 3. The lowest BCUT2D eigenvalue weighted by atomic mass is 10.1. The van der Waals surface area contributed by atoms with Gasteiger partial charge in [-0.15, -0.1) is 5.10 Å². The second-order valence-electron chi connectivity index (χ2n) is 5.95. The third-order valence-electron chi connectivity index (χ3n) is 4.09. The second kappa shape index (κ2) is 6.76. The van der Waals surface area contributed by atoms with Gasteiger partial charge in [-0.1, -0.05) is 22.0 Å². The zero-order valence-electron chi connectivity index (χ0n) is 13.5. The molecule has 0 bridgehead atoms. The van der Waals surface area contributed by atoms with Crippen LogP contribution in [0, 0.1) is 0 Å². The number of halogens is 1. The third kappa shape index (κ3) is 3.76. The molecule has 1 aromatic heterocycles. The Kier molecular flexibility index (Phi) is 4.72. The molecule has 0 spiro atoms. The van der Waals surface area contributed by atoms with E-state index in [1.165, 1.54) is 11.3 Å². The zero-order valence-corrected chi connectivity index (χ0v) is 15.0. The topological polar surface area (TPSA) is 77.3 Å². The Hall–Kier alpha value is -1.80. The van der Waals surface area contributed by atoms with Crippen LogP contribution in [0.1, 0.15) is 5.56 Å². The van der Waals surface area contributed by atoms with Crippen molar-refractivity contribution < 1.29 is 0 Å². The van der Waals surface area contributed by atoms with Crippen molar-refractivity contribution in [2.75, 3.05) is 55.8 Å². The molecule has 2 heterocycles. The number of nitrogens with one attached hydrogen (secondary N) is 1. The van der Waals surface area contributed by atoms with Crippen LogP contribution in [0.3, 0.4) is 0 Å². The maximum atomic E-state index is 5.59. The molecule has 1 saturated heterocycles. The van der Waals surface area contributed by atoms with E-state index in [4.69, 9.17) is 5.73 Å². The maximum absolute atomic E-state index is 5.59. The van der Waals surface area contributed by atoms with Crippen molar-refractivity contribution in [3.8, 4) is 0 Å². The molecule has 2 aromatic rings. The minimum absolute atomic E-state index is 0.368. The van der Waals surface area contributed by atoms with Crippen LogP contribution in [0.25, 0.3) is 0 Å². The van der Waals surface area contributed by atoms with Crippen LogP contribution in [0.5, 0.6) is 0 Å². The number of nitrogen functional groups attached to an aromatic ring is 1. The largest absolute Gasteiger partial charge is 0.378 e. The Labute approximate surface area is 144 Å². The van der Waals surface area contributed by atoms with Crippen LogP contribution >= 0.6 is 15.9 Å². The molecule has 1 aliphatic heterocycles. The first-order chi connectivity index (χ1) is 11.0. The van der Waals surface area contributed by atoms with Crippen molar-refractivity contribution in [3.63, 3.8) is 0 Å². The number of aromatic amines is 1. The molecule has 1 aromatic carbocycles. The van der Waals surface area contributed by atoms with Gasteiger partial charge >= 0.3 is 0 Å². The van der Waals surface area contributed by atoms with Crippen molar-refractivity contribution in [1.29, 1.82) is 0 Å². The van der Waals surface area contributed by atoms with Crippen LogP contribution < -0.4 is 15.5 Å². The molecule has 3 N–H and O–H groups in total. The number of piperazine rings is 1.